The number of methoxy groups -OCH3 is 2. The fourth-order valence-electron chi connectivity index (χ4n) is 3.24. The highest BCUT2D eigenvalue weighted by molar-refractivity contribution is 9.10. The van der Waals surface area contributed by atoms with Gasteiger partial charge in [0.1, 0.15) is 12.0 Å². The predicted molar refractivity (Wildman–Crippen MR) is 132 cm³/mol. The Labute approximate surface area is 206 Å². The molecule has 0 saturated carbocycles. The molecular weight excluding hydrogens is 522 g/mol. The van der Waals surface area contributed by atoms with Crippen molar-refractivity contribution in [2.75, 3.05) is 14.2 Å². The van der Waals surface area contributed by atoms with Crippen molar-refractivity contribution in [3.05, 3.63) is 85.0 Å². The lowest BCUT2D eigenvalue weighted by Crippen LogP contribution is -2.20. The average molecular weight is 540 g/mol. The number of pyridine rings is 1. The Bertz CT molecular complexity index is 1490. The van der Waals surface area contributed by atoms with Gasteiger partial charge < -0.3 is 14.2 Å². The fourth-order valence-corrected chi connectivity index (χ4v) is 3.60. The normalized spacial score (nSPS) is 11.1. The monoisotopic (exact) mass is 539 g/mol. The Kier molecular flexibility index (Phi) is 6.73. The molecule has 4 aromatic rings. The topological polar surface area (TPSA) is 131 Å². The van der Waals surface area contributed by atoms with E-state index < -0.39 is 4.92 Å². The fraction of sp³-hybridized carbons (Fsp3) is 0.130. The molecule has 35 heavy (non-hydrogen) atoms. The van der Waals surface area contributed by atoms with E-state index in [2.05, 4.69) is 31.0 Å². The Balaban J connectivity index is 1.70. The minimum atomic E-state index is -0.553. The Morgan fingerprint density at radius 1 is 1.11 bits per heavy atom. The second-order valence-corrected chi connectivity index (χ2v) is 8.07. The number of halogens is 1. The molecule has 0 radical (unpaired) electrons. The van der Waals surface area contributed by atoms with E-state index in [1.807, 2.05) is 6.07 Å². The summed E-state index contributed by atoms with van der Waals surface area (Å²) in [6.45, 7) is 1.69. The third-order valence-electron chi connectivity index (χ3n) is 4.91. The number of aryl methyl sites for hydroxylation is 1. The summed E-state index contributed by atoms with van der Waals surface area (Å²) < 4.78 is 18.6. The first-order valence-corrected chi connectivity index (χ1v) is 10.9. The summed E-state index contributed by atoms with van der Waals surface area (Å²) in [6.07, 6.45) is 2.56. The van der Waals surface area contributed by atoms with Crippen LogP contribution in [0.25, 0.3) is 10.9 Å². The molecule has 0 aliphatic carbocycles. The van der Waals surface area contributed by atoms with Crippen LogP contribution in [0.2, 0.25) is 0 Å². The first kappa shape index (κ1) is 23.8. The van der Waals surface area contributed by atoms with Gasteiger partial charge in [-0.05, 0) is 37.3 Å². The number of nitro groups is 1. The summed E-state index contributed by atoms with van der Waals surface area (Å²) in [5.41, 5.74) is 0.660. The molecule has 0 amide bonds. The SMILES string of the molecule is COc1cc(C=Nn2c(C)nc3ccc(Br)cc3c2=O)cc(OC)c1Oc1ccc([N+](=O)[O-])cn1. The number of ether oxygens (including phenoxy) is 3. The van der Waals surface area contributed by atoms with Gasteiger partial charge in [-0.3, -0.25) is 14.9 Å². The maximum absolute atomic E-state index is 13.0. The van der Waals surface area contributed by atoms with Gasteiger partial charge in [0, 0.05) is 22.2 Å². The van der Waals surface area contributed by atoms with Crippen molar-refractivity contribution in [3.8, 4) is 23.1 Å². The van der Waals surface area contributed by atoms with E-state index in [1.54, 1.807) is 31.2 Å². The van der Waals surface area contributed by atoms with Crippen molar-refractivity contribution < 1.29 is 19.1 Å². The lowest BCUT2D eigenvalue weighted by molar-refractivity contribution is -0.385. The van der Waals surface area contributed by atoms with Gasteiger partial charge in [-0.15, -0.1) is 0 Å². The van der Waals surface area contributed by atoms with Crippen molar-refractivity contribution in [2.45, 2.75) is 6.92 Å². The molecule has 0 saturated heterocycles. The van der Waals surface area contributed by atoms with E-state index in [0.29, 0.717) is 33.8 Å². The van der Waals surface area contributed by atoms with Crippen LogP contribution in [0.5, 0.6) is 23.1 Å². The summed E-state index contributed by atoms with van der Waals surface area (Å²) in [4.78, 5) is 31.6. The molecule has 4 rings (SSSR count). The minimum absolute atomic E-state index is 0.115. The third kappa shape index (κ3) is 4.96. The van der Waals surface area contributed by atoms with Crippen LogP contribution in [0, 0.1) is 17.0 Å². The molecule has 0 unspecified atom stereocenters. The van der Waals surface area contributed by atoms with Gasteiger partial charge >= 0.3 is 0 Å². The van der Waals surface area contributed by atoms with Crippen LogP contribution in [0.3, 0.4) is 0 Å². The van der Waals surface area contributed by atoms with Crippen molar-refractivity contribution >= 4 is 38.7 Å². The zero-order chi connectivity index (χ0) is 25.1. The average Bonchev–Trinajstić information content (AvgIpc) is 2.85. The maximum Gasteiger partial charge on any atom is 0.287 e. The molecule has 178 valence electrons. The van der Waals surface area contributed by atoms with E-state index in [0.717, 1.165) is 10.7 Å². The number of fused-ring (bicyclic) bond motifs is 1. The van der Waals surface area contributed by atoms with Gasteiger partial charge in [0.15, 0.2) is 11.5 Å². The van der Waals surface area contributed by atoms with E-state index in [4.69, 9.17) is 14.2 Å². The molecule has 0 atom stereocenters. The van der Waals surface area contributed by atoms with Crippen LogP contribution in [0.15, 0.2) is 63.0 Å². The number of nitrogens with zero attached hydrogens (tertiary/aromatic N) is 5. The zero-order valence-corrected chi connectivity index (χ0v) is 20.3. The molecule has 2 heterocycles. The minimum Gasteiger partial charge on any atom is -0.493 e. The van der Waals surface area contributed by atoms with Gasteiger partial charge in [0.05, 0.1) is 36.3 Å². The second kappa shape index (κ2) is 9.89. The zero-order valence-electron chi connectivity index (χ0n) is 18.8. The van der Waals surface area contributed by atoms with Crippen LogP contribution in [0.1, 0.15) is 11.4 Å². The molecule has 0 N–H and O–H groups in total. The molecule has 0 aliphatic heterocycles. The molecule has 0 bridgehead atoms. The van der Waals surface area contributed by atoms with Crippen LogP contribution < -0.4 is 19.8 Å². The lowest BCUT2D eigenvalue weighted by atomic mass is 10.2. The van der Waals surface area contributed by atoms with Crippen LogP contribution in [-0.2, 0) is 0 Å². The summed E-state index contributed by atoms with van der Waals surface area (Å²) in [6, 6.07) is 11.2. The predicted octanol–water partition coefficient (Wildman–Crippen LogP) is 4.46. The Morgan fingerprint density at radius 2 is 1.83 bits per heavy atom. The maximum atomic E-state index is 13.0. The molecule has 2 aromatic heterocycles. The summed E-state index contributed by atoms with van der Waals surface area (Å²) >= 11 is 3.37. The van der Waals surface area contributed by atoms with Gasteiger partial charge in [-0.2, -0.15) is 9.78 Å². The Hall–Kier alpha value is -4.32. The molecule has 0 aliphatic rings. The number of aromatic nitrogens is 3. The molecule has 12 heteroatoms. The molecule has 11 nitrogen and oxygen atoms in total. The molecular formula is C23H18BrN5O6. The first-order chi connectivity index (χ1) is 16.8. The van der Waals surface area contributed by atoms with Crippen molar-refractivity contribution in [3.63, 3.8) is 0 Å². The van der Waals surface area contributed by atoms with Crippen molar-refractivity contribution in [2.24, 2.45) is 5.10 Å². The third-order valence-corrected chi connectivity index (χ3v) is 5.41. The number of rotatable bonds is 7. The van der Waals surface area contributed by atoms with Crippen molar-refractivity contribution in [1.82, 2.24) is 14.6 Å². The van der Waals surface area contributed by atoms with Gasteiger partial charge in [0.2, 0.25) is 11.6 Å². The van der Waals surface area contributed by atoms with Gasteiger partial charge in [-0.1, -0.05) is 15.9 Å². The quantitative estimate of drug-likeness (QED) is 0.191. The Morgan fingerprint density at radius 3 is 2.43 bits per heavy atom. The van der Waals surface area contributed by atoms with E-state index in [1.165, 1.54) is 37.2 Å². The van der Waals surface area contributed by atoms with Gasteiger partial charge in [0.25, 0.3) is 11.2 Å². The summed E-state index contributed by atoms with van der Waals surface area (Å²) in [5.74, 6) is 1.36. The van der Waals surface area contributed by atoms with Crippen LogP contribution in [0.4, 0.5) is 5.69 Å². The number of benzene rings is 2. The number of hydrogen-bond acceptors (Lipinski definition) is 9. The second-order valence-electron chi connectivity index (χ2n) is 7.15. The van der Waals surface area contributed by atoms with E-state index >= 15 is 0 Å². The highest BCUT2D eigenvalue weighted by atomic mass is 79.9. The number of hydrogen-bond donors (Lipinski definition) is 0. The van der Waals surface area contributed by atoms with E-state index in [-0.39, 0.29) is 22.9 Å². The lowest BCUT2D eigenvalue weighted by Gasteiger charge is -2.14. The van der Waals surface area contributed by atoms with Crippen molar-refractivity contribution in [1.29, 1.82) is 0 Å². The largest absolute Gasteiger partial charge is 0.493 e. The molecule has 2 aromatic carbocycles. The summed E-state index contributed by atoms with van der Waals surface area (Å²) in [7, 11) is 2.90. The standard InChI is InChI=1S/C23H18BrN5O6/c1-13-27-18-6-4-15(24)10-17(18)23(30)28(13)26-11-14-8-19(33-2)22(20(9-14)34-3)35-21-7-5-16(12-25-21)29(31)32/h4-12H,1-3H3. The van der Waals surface area contributed by atoms with Crippen LogP contribution in [-0.4, -0.2) is 40.0 Å². The molecule has 0 fully saturated rings. The highest BCUT2D eigenvalue weighted by Crippen LogP contribution is 2.40. The first-order valence-electron chi connectivity index (χ1n) is 10.1. The smallest absolute Gasteiger partial charge is 0.287 e. The van der Waals surface area contributed by atoms with Crippen LogP contribution >= 0.6 is 15.9 Å². The van der Waals surface area contributed by atoms with E-state index in [9.17, 15) is 14.9 Å². The van der Waals surface area contributed by atoms with Gasteiger partial charge in [-0.25, -0.2) is 9.97 Å². The summed E-state index contributed by atoms with van der Waals surface area (Å²) in [5, 5.41) is 15.6. The molecule has 0 spiro atoms. The highest BCUT2D eigenvalue weighted by Gasteiger charge is 2.17.